The molecule has 2 heterocycles. The van der Waals surface area contributed by atoms with E-state index in [0.717, 1.165) is 18.1 Å². The number of aromatic hydroxyl groups is 1. The molecule has 4 nitrogen and oxygen atoms in total. The number of nitrogens with one attached hydrogen (secondary N) is 1. The molecule has 1 aromatic rings. The van der Waals surface area contributed by atoms with Crippen LogP contribution in [0.15, 0.2) is 12.1 Å². The Morgan fingerprint density at radius 1 is 1.28 bits per heavy atom. The van der Waals surface area contributed by atoms with Crippen LogP contribution in [0.5, 0.6) is 11.5 Å². The van der Waals surface area contributed by atoms with Crippen molar-refractivity contribution in [2.24, 2.45) is 11.8 Å². The van der Waals surface area contributed by atoms with Crippen molar-refractivity contribution in [2.45, 2.75) is 62.1 Å². The first-order valence-corrected chi connectivity index (χ1v) is 10.2. The van der Waals surface area contributed by atoms with Crippen LogP contribution < -0.4 is 10.1 Å². The van der Waals surface area contributed by atoms with Crippen LogP contribution >= 0.6 is 0 Å². The van der Waals surface area contributed by atoms with Gasteiger partial charge in [0.05, 0.1) is 0 Å². The summed E-state index contributed by atoms with van der Waals surface area (Å²) in [4.78, 5) is 2.82. The van der Waals surface area contributed by atoms with Crippen molar-refractivity contribution in [2.75, 3.05) is 20.1 Å². The Labute approximate surface area is 149 Å². The third kappa shape index (κ3) is 1.80. The molecule has 5 atom stereocenters. The lowest BCUT2D eigenvalue weighted by Crippen LogP contribution is -2.68. The molecule has 3 aliphatic carbocycles. The molecule has 0 aromatic heterocycles. The van der Waals surface area contributed by atoms with Gasteiger partial charge in [0, 0.05) is 29.6 Å². The van der Waals surface area contributed by atoms with Gasteiger partial charge >= 0.3 is 0 Å². The molecule has 0 radical (unpaired) electrons. The maximum atomic E-state index is 10.5. The fourth-order valence-corrected chi connectivity index (χ4v) is 6.78. The van der Waals surface area contributed by atoms with Gasteiger partial charge in [0.1, 0.15) is 6.10 Å². The number of rotatable bonds is 3. The zero-order chi connectivity index (χ0) is 16.8. The first kappa shape index (κ1) is 14.9. The standard InChI is InChI=1S/C21H28N2O2/c1-22-15-6-5-14-16-10-13-4-7-17(24)19-18(13)21(14,20(15)25-19)8-9-23(16)11-12-2-3-12/h4,7,12,14-16,20,22,24H,2-3,5-6,8-11H2,1H3/t14-,15-,16-,20-,21-/m0/s1. The summed E-state index contributed by atoms with van der Waals surface area (Å²) in [5.74, 6) is 2.79. The fourth-order valence-electron chi connectivity index (χ4n) is 6.78. The minimum Gasteiger partial charge on any atom is -0.504 e. The molecular formula is C21H28N2O2. The highest BCUT2D eigenvalue weighted by atomic mass is 16.5. The van der Waals surface area contributed by atoms with Gasteiger partial charge in [-0.3, -0.25) is 4.90 Å². The summed E-state index contributed by atoms with van der Waals surface area (Å²) in [7, 11) is 2.07. The highest BCUT2D eigenvalue weighted by molar-refractivity contribution is 5.60. The summed E-state index contributed by atoms with van der Waals surface area (Å²) < 4.78 is 6.51. The molecule has 4 heteroatoms. The third-order valence-electron chi connectivity index (χ3n) is 7.99. The lowest BCUT2D eigenvalue weighted by molar-refractivity contribution is -0.0650. The summed E-state index contributed by atoms with van der Waals surface area (Å²) in [6.45, 7) is 2.50. The summed E-state index contributed by atoms with van der Waals surface area (Å²) in [5, 5.41) is 14.0. The van der Waals surface area contributed by atoms with Gasteiger partial charge in [-0.05, 0) is 75.6 Å². The van der Waals surface area contributed by atoms with Crippen molar-refractivity contribution in [3.63, 3.8) is 0 Å². The Kier molecular flexibility index (Phi) is 2.92. The van der Waals surface area contributed by atoms with Crippen LogP contribution in [0.25, 0.3) is 0 Å². The van der Waals surface area contributed by atoms with E-state index in [1.165, 1.54) is 56.3 Å². The lowest BCUT2D eigenvalue weighted by atomic mass is 9.51. The highest BCUT2D eigenvalue weighted by Gasteiger charge is 2.65. The molecule has 0 amide bonds. The van der Waals surface area contributed by atoms with Crippen molar-refractivity contribution >= 4 is 0 Å². The molecule has 2 aliphatic heterocycles. The Balaban J connectivity index is 1.51. The summed E-state index contributed by atoms with van der Waals surface area (Å²) in [6.07, 6.45) is 7.85. The summed E-state index contributed by atoms with van der Waals surface area (Å²) in [5.41, 5.74) is 2.94. The molecule has 2 saturated carbocycles. The molecule has 1 saturated heterocycles. The molecule has 134 valence electrons. The van der Waals surface area contributed by atoms with E-state index >= 15 is 0 Å². The van der Waals surface area contributed by atoms with Gasteiger partial charge < -0.3 is 15.2 Å². The molecular weight excluding hydrogens is 312 g/mol. The van der Waals surface area contributed by atoms with Crippen molar-refractivity contribution in [3.8, 4) is 11.5 Å². The van der Waals surface area contributed by atoms with Gasteiger partial charge in [-0.2, -0.15) is 0 Å². The topological polar surface area (TPSA) is 44.7 Å². The lowest BCUT2D eigenvalue weighted by Gasteiger charge is -2.59. The van der Waals surface area contributed by atoms with Gasteiger partial charge in [-0.25, -0.2) is 0 Å². The van der Waals surface area contributed by atoms with Crippen LogP contribution in [-0.4, -0.2) is 48.3 Å². The van der Waals surface area contributed by atoms with E-state index in [-0.39, 0.29) is 11.5 Å². The van der Waals surface area contributed by atoms with Crippen molar-refractivity contribution in [3.05, 3.63) is 23.3 Å². The second-order valence-electron chi connectivity index (χ2n) is 9.07. The Morgan fingerprint density at radius 2 is 2.16 bits per heavy atom. The number of hydrogen-bond acceptors (Lipinski definition) is 4. The monoisotopic (exact) mass is 340 g/mol. The average molecular weight is 340 g/mol. The normalized spacial score (nSPS) is 41.3. The average Bonchev–Trinajstić information content (AvgIpc) is 3.37. The molecule has 6 rings (SSSR count). The number of phenols is 1. The van der Waals surface area contributed by atoms with E-state index in [1.54, 1.807) is 0 Å². The van der Waals surface area contributed by atoms with E-state index in [9.17, 15) is 5.11 Å². The van der Waals surface area contributed by atoms with Crippen LogP contribution in [0.1, 0.15) is 43.2 Å². The molecule has 2 N–H and O–H groups in total. The van der Waals surface area contributed by atoms with E-state index in [2.05, 4.69) is 23.3 Å². The van der Waals surface area contributed by atoms with Crippen LogP contribution in [0.2, 0.25) is 0 Å². The van der Waals surface area contributed by atoms with Crippen LogP contribution in [0.3, 0.4) is 0 Å². The Bertz CT molecular complexity index is 731. The number of hydrogen-bond donors (Lipinski definition) is 2. The summed E-state index contributed by atoms with van der Waals surface area (Å²) >= 11 is 0. The van der Waals surface area contributed by atoms with Crippen LogP contribution in [0, 0.1) is 11.8 Å². The smallest absolute Gasteiger partial charge is 0.165 e. The van der Waals surface area contributed by atoms with Crippen molar-refractivity contribution < 1.29 is 9.84 Å². The van der Waals surface area contributed by atoms with E-state index < -0.39 is 0 Å². The highest BCUT2D eigenvalue weighted by Crippen LogP contribution is 2.63. The van der Waals surface area contributed by atoms with Gasteiger partial charge in [-0.1, -0.05) is 6.07 Å². The maximum absolute atomic E-state index is 10.5. The SMILES string of the molecule is CN[C@H]1CC[C@H]2[C@@H]3Cc4ccc(O)c5c4[C@@]2(CCN3CC2CC2)[C@H]1O5. The number of likely N-dealkylation sites (N-methyl/N-ethyl adjacent to an activating group) is 1. The first-order valence-electron chi connectivity index (χ1n) is 10.2. The number of phenolic OH excluding ortho intramolecular Hbond substituents is 1. The van der Waals surface area contributed by atoms with E-state index in [0.29, 0.717) is 23.8 Å². The van der Waals surface area contributed by atoms with E-state index in [1.807, 2.05) is 6.07 Å². The van der Waals surface area contributed by atoms with E-state index in [4.69, 9.17) is 4.74 Å². The zero-order valence-electron chi connectivity index (χ0n) is 15.0. The van der Waals surface area contributed by atoms with Gasteiger partial charge in [-0.15, -0.1) is 0 Å². The number of likely N-dealkylation sites (tertiary alicyclic amines) is 1. The second-order valence-corrected chi connectivity index (χ2v) is 9.07. The number of piperidine rings is 1. The Hall–Kier alpha value is -1.26. The van der Waals surface area contributed by atoms with Crippen molar-refractivity contribution in [1.29, 1.82) is 0 Å². The van der Waals surface area contributed by atoms with Gasteiger partial charge in [0.25, 0.3) is 0 Å². The number of benzene rings is 1. The molecule has 5 aliphatic rings. The van der Waals surface area contributed by atoms with Gasteiger partial charge in [0.2, 0.25) is 0 Å². The van der Waals surface area contributed by atoms with Gasteiger partial charge in [0.15, 0.2) is 11.5 Å². The minimum absolute atomic E-state index is 0.123. The first-order chi connectivity index (χ1) is 12.2. The van der Waals surface area contributed by atoms with Crippen LogP contribution in [-0.2, 0) is 11.8 Å². The zero-order valence-corrected chi connectivity index (χ0v) is 15.0. The molecule has 1 aromatic carbocycles. The number of ether oxygens (including phenoxy) is 1. The van der Waals surface area contributed by atoms with Crippen LogP contribution in [0.4, 0.5) is 0 Å². The maximum Gasteiger partial charge on any atom is 0.165 e. The predicted octanol–water partition coefficient (Wildman–Crippen LogP) is 2.43. The molecule has 2 bridgehead atoms. The largest absolute Gasteiger partial charge is 0.504 e. The van der Waals surface area contributed by atoms with Crippen molar-refractivity contribution in [1.82, 2.24) is 10.2 Å². The molecule has 1 spiro atoms. The quantitative estimate of drug-likeness (QED) is 0.887. The second kappa shape index (κ2) is 4.92. The minimum atomic E-state index is 0.123. The molecule has 25 heavy (non-hydrogen) atoms. The summed E-state index contributed by atoms with van der Waals surface area (Å²) in [6, 6.07) is 5.10. The Morgan fingerprint density at radius 3 is 2.96 bits per heavy atom. The third-order valence-corrected chi connectivity index (χ3v) is 7.99. The fraction of sp³-hybridized carbons (Fsp3) is 0.714. The molecule has 0 unspecified atom stereocenters. The predicted molar refractivity (Wildman–Crippen MR) is 96.2 cm³/mol. The molecule has 3 fully saturated rings. The number of nitrogens with zero attached hydrogens (tertiary/aromatic N) is 1.